The van der Waals surface area contributed by atoms with E-state index in [-0.39, 0.29) is 24.7 Å². The van der Waals surface area contributed by atoms with Crippen molar-refractivity contribution in [2.45, 2.75) is 38.1 Å². The van der Waals surface area contributed by atoms with Crippen molar-refractivity contribution in [2.24, 2.45) is 0 Å². The molecule has 0 spiro atoms. The molecule has 0 radical (unpaired) electrons. The number of ether oxygens (including phenoxy) is 2. The lowest BCUT2D eigenvalue weighted by atomic mass is 9.98. The average Bonchev–Trinajstić information content (AvgIpc) is 3.18. The number of carbonyl (C=O) groups excluding carboxylic acids is 1. The number of rotatable bonds is 10. The molecule has 2 aliphatic heterocycles. The molecule has 250 valence electrons. The highest BCUT2D eigenvalue weighted by atomic mass is 16.7. The van der Waals surface area contributed by atoms with E-state index in [1.54, 1.807) is 36.9 Å². The number of aromatic nitrogens is 3. The third-order valence-corrected chi connectivity index (χ3v) is 9.08. The van der Waals surface area contributed by atoms with Crippen molar-refractivity contribution in [2.75, 3.05) is 37.6 Å². The number of hydrogen-bond acceptors (Lipinski definition) is 9. The summed E-state index contributed by atoms with van der Waals surface area (Å²) in [5, 5.41) is 12.6. The fourth-order valence-corrected chi connectivity index (χ4v) is 6.41. The molecule has 0 saturated carbocycles. The van der Waals surface area contributed by atoms with Crippen molar-refractivity contribution in [3.63, 3.8) is 0 Å². The van der Waals surface area contributed by atoms with Crippen LogP contribution >= 0.6 is 0 Å². The predicted molar refractivity (Wildman–Crippen MR) is 186 cm³/mol. The molecule has 2 aromatic heterocycles. The lowest BCUT2D eigenvalue weighted by molar-refractivity contribution is -0.253. The number of nitrogens with zero attached hydrogens (tertiary/aromatic N) is 5. The number of hydrogen-bond donors (Lipinski definition) is 2. The molecule has 3 aromatic carbocycles. The zero-order valence-corrected chi connectivity index (χ0v) is 27.3. The number of amides is 1. The van der Waals surface area contributed by atoms with Crippen LogP contribution in [0.3, 0.4) is 0 Å². The van der Waals surface area contributed by atoms with E-state index < -0.39 is 6.29 Å². The summed E-state index contributed by atoms with van der Waals surface area (Å²) < 4.78 is 13.4. The Hall–Kier alpha value is -5.00. The van der Waals surface area contributed by atoms with Gasteiger partial charge in [-0.3, -0.25) is 14.7 Å². The summed E-state index contributed by atoms with van der Waals surface area (Å²) in [6.07, 6.45) is 6.75. The van der Waals surface area contributed by atoms with Crippen molar-refractivity contribution in [3.8, 4) is 11.1 Å². The molecule has 2 fully saturated rings. The Balaban J connectivity index is 1.06. The van der Waals surface area contributed by atoms with Crippen LogP contribution in [-0.2, 0) is 22.6 Å². The third-order valence-electron chi connectivity index (χ3n) is 9.08. The number of pyridine rings is 1. The van der Waals surface area contributed by atoms with E-state index >= 15 is 0 Å². The van der Waals surface area contributed by atoms with Gasteiger partial charge in [-0.15, -0.1) is 0 Å². The van der Waals surface area contributed by atoms with Gasteiger partial charge >= 0.3 is 0 Å². The molecule has 2 saturated heterocycles. The second kappa shape index (κ2) is 15.5. The van der Waals surface area contributed by atoms with Crippen LogP contribution in [0.2, 0.25) is 0 Å². The van der Waals surface area contributed by atoms with E-state index in [1.807, 2.05) is 48.5 Å². The molecule has 0 aliphatic carbocycles. The molecular formula is C39H40N6O4. The van der Waals surface area contributed by atoms with E-state index in [9.17, 15) is 9.90 Å². The molecule has 10 heteroatoms. The van der Waals surface area contributed by atoms with E-state index in [0.717, 1.165) is 78.5 Å². The van der Waals surface area contributed by atoms with Crippen LogP contribution in [0.1, 0.15) is 51.4 Å². The zero-order valence-electron chi connectivity index (χ0n) is 27.3. The number of piperazine rings is 1. The summed E-state index contributed by atoms with van der Waals surface area (Å²) in [6, 6.07) is 29.8. The highest BCUT2D eigenvalue weighted by Crippen LogP contribution is 2.39. The van der Waals surface area contributed by atoms with Crippen molar-refractivity contribution in [1.29, 1.82) is 0 Å². The second-order valence-corrected chi connectivity index (χ2v) is 12.4. The van der Waals surface area contributed by atoms with Gasteiger partial charge in [-0.05, 0) is 58.1 Å². The molecule has 49 heavy (non-hydrogen) atoms. The highest BCUT2D eigenvalue weighted by molar-refractivity contribution is 5.93. The second-order valence-electron chi connectivity index (χ2n) is 12.4. The van der Waals surface area contributed by atoms with Gasteiger partial charge in [0.25, 0.3) is 5.91 Å². The summed E-state index contributed by atoms with van der Waals surface area (Å²) in [6.45, 7) is 4.71. The maximum atomic E-state index is 12.6. The van der Waals surface area contributed by atoms with Crippen molar-refractivity contribution < 1.29 is 19.4 Å². The number of benzene rings is 3. The first kappa shape index (κ1) is 32.5. The molecule has 4 heterocycles. The maximum Gasteiger partial charge on any atom is 0.253 e. The minimum absolute atomic E-state index is 0.00499. The SMILES string of the molecule is O=C(NCc1cccc(-c2cccc(C3OC(CN4CCN(c5ncccn5)CC4)CC(c4ccc(CO)cc4)O3)c2)c1)c1cccnc1. The number of anilines is 1. The maximum absolute atomic E-state index is 12.6. The molecule has 5 aromatic rings. The van der Waals surface area contributed by atoms with Gasteiger partial charge in [0.05, 0.1) is 24.4 Å². The van der Waals surface area contributed by atoms with Gasteiger partial charge in [0, 0.05) is 76.0 Å². The van der Waals surface area contributed by atoms with Crippen LogP contribution < -0.4 is 10.2 Å². The van der Waals surface area contributed by atoms with Gasteiger partial charge in [0.1, 0.15) is 0 Å². The standard InChI is InChI=1S/C39H40N6O4/c46-27-28-10-12-30(13-11-28)36-23-35(26-44-17-19-45(20-18-44)39-41-15-4-16-42-39)48-38(49-36)33-8-2-7-32(22-33)31-6-1-5-29(21-31)24-43-37(47)34-9-3-14-40-25-34/h1-16,21-22,25,35-36,38,46H,17-20,23-24,26-27H2,(H,43,47). The van der Waals surface area contributed by atoms with Crippen molar-refractivity contribution in [3.05, 3.63) is 144 Å². The lowest BCUT2D eigenvalue weighted by Gasteiger charge is -2.40. The van der Waals surface area contributed by atoms with Gasteiger partial charge in [-0.2, -0.15) is 0 Å². The molecule has 2 N–H and O–H groups in total. The molecular weight excluding hydrogens is 616 g/mol. The minimum Gasteiger partial charge on any atom is -0.392 e. The molecule has 3 unspecified atom stereocenters. The monoisotopic (exact) mass is 656 g/mol. The quantitative estimate of drug-likeness (QED) is 0.206. The Bertz CT molecular complexity index is 1820. The lowest BCUT2D eigenvalue weighted by Crippen LogP contribution is -2.50. The Morgan fingerprint density at radius 3 is 2.33 bits per heavy atom. The van der Waals surface area contributed by atoms with Crippen LogP contribution in [0.5, 0.6) is 0 Å². The van der Waals surface area contributed by atoms with Crippen molar-refractivity contribution >= 4 is 11.9 Å². The van der Waals surface area contributed by atoms with Gasteiger partial charge in [0.2, 0.25) is 5.95 Å². The first-order chi connectivity index (χ1) is 24.1. The number of nitrogens with one attached hydrogen (secondary N) is 1. The van der Waals surface area contributed by atoms with E-state index in [2.05, 4.69) is 60.4 Å². The Kier molecular flexibility index (Phi) is 10.3. The van der Waals surface area contributed by atoms with Crippen LogP contribution in [0, 0.1) is 0 Å². The summed E-state index contributed by atoms with van der Waals surface area (Å²) in [5.74, 6) is 0.616. The summed E-state index contributed by atoms with van der Waals surface area (Å²) >= 11 is 0. The third kappa shape index (κ3) is 8.18. The average molecular weight is 657 g/mol. The van der Waals surface area contributed by atoms with Crippen molar-refractivity contribution in [1.82, 2.24) is 25.2 Å². The van der Waals surface area contributed by atoms with Gasteiger partial charge in [0.15, 0.2) is 6.29 Å². The predicted octanol–water partition coefficient (Wildman–Crippen LogP) is 5.33. The number of aliphatic hydroxyl groups excluding tert-OH is 1. The van der Waals surface area contributed by atoms with E-state index in [1.165, 1.54) is 0 Å². The normalized spacial score (nSPS) is 19.8. The first-order valence-electron chi connectivity index (χ1n) is 16.7. The van der Waals surface area contributed by atoms with Crippen LogP contribution in [0.25, 0.3) is 11.1 Å². The van der Waals surface area contributed by atoms with Gasteiger partial charge in [-0.25, -0.2) is 9.97 Å². The molecule has 7 rings (SSSR count). The van der Waals surface area contributed by atoms with Crippen LogP contribution in [0.4, 0.5) is 5.95 Å². The largest absolute Gasteiger partial charge is 0.392 e. The molecule has 3 atom stereocenters. The molecule has 10 nitrogen and oxygen atoms in total. The summed E-state index contributed by atoms with van der Waals surface area (Å²) in [5.41, 5.74) is 6.49. The van der Waals surface area contributed by atoms with E-state index in [4.69, 9.17) is 9.47 Å². The summed E-state index contributed by atoms with van der Waals surface area (Å²) in [7, 11) is 0. The zero-order chi connectivity index (χ0) is 33.4. The van der Waals surface area contributed by atoms with Crippen LogP contribution in [-0.4, -0.2) is 69.7 Å². The Labute approximate surface area is 286 Å². The van der Waals surface area contributed by atoms with Crippen LogP contribution in [0.15, 0.2) is 116 Å². The van der Waals surface area contributed by atoms with Gasteiger partial charge < -0.3 is 24.8 Å². The minimum atomic E-state index is -0.554. The fraction of sp³-hybridized carbons (Fsp3) is 0.282. The molecule has 1 amide bonds. The topological polar surface area (TPSA) is 113 Å². The number of aliphatic hydroxyl groups is 1. The Morgan fingerprint density at radius 2 is 1.57 bits per heavy atom. The smallest absolute Gasteiger partial charge is 0.253 e. The highest BCUT2D eigenvalue weighted by Gasteiger charge is 2.34. The van der Waals surface area contributed by atoms with Gasteiger partial charge in [-0.1, -0.05) is 60.7 Å². The Morgan fingerprint density at radius 1 is 0.796 bits per heavy atom. The molecule has 2 aliphatic rings. The molecule has 0 bridgehead atoms. The summed E-state index contributed by atoms with van der Waals surface area (Å²) in [4.78, 5) is 30.1. The van der Waals surface area contributed by atoms with E-state index in [0.29, 0.717) is 12.1 Å². The first-order valence-corrected chi connectivity index (χ1v) is 16.7. The number of carbonyl (C=O) groups is 1. The fourth-order valence-electron chi connectivity index (χ4n) is 6.41.